The molecule has 1 aliphatic carbocycles. The largest absolute Gasteiger partial charge is 0.382 e. The fourth-order valence-electron chi connectivity index (χ4n) is 2.51. The van der Waals surface area contributed by atoms with Crippen molar-refractivity contribution >= 4 is 23.3 Å². The summed E-state index contributed by atoms with van der Waals surface area (Å²) >= 11 is 6.16. The van der Waals surface area contributed by atoms with Gasteiger partial charge in [-0.3, -0.25) is 4.79 Å². The standard InChI is InChI=1S/C14H13ClN4O/c15-10-3-1-2-9-8(10)4-5-11(9)19-14(20)12-13(16)18-7-6-17-12/h1-3,6-7,11H,4-5H2,(H2,16,18)(H,19,20). The molecule has 1 heterocycles. The number of fused-ring (bicyclic) bond motifs is 1. The average Bonchev–Trinajstić information content (AvgIpc) is 2.84. The third kappa shape index (κ3) is 2.20. The second-order valence-corrected chi connectivity index (χ2v) is 5.07. The summed E-state index contributed by atoms with van der Waals surface area (Å²) in [5.41, 5.74) is 7.98. The summed E-state index contributed by atoms with van der Waals surface area (Å²) in [6, 6.07) is 5.69. The molecule has 5 nitrogen and oxygen atoms in total. The molecular weight excluding hydrogens is 276 g/mol. The van der Waals surface area contributed by atoms with E-state index in [1.54, 1.807) is 0 Å². The Morgan fingerprint density at radius 3 is 2.95 bits per heavy atom. The topological polar surface area (TPSA) is 80.9 Å². The Bertz CT molecular complexity index is 674. The van der Waals surface area contributed by atoms with Crippen LogP contribution in [0.1, 0.15) is 34.1 Å². The molecule has 0 saturated carbocycles. The summed E-state index contributed by atoms with van der Waals surface area (Å²) in [7, 11) is 0. The first-order valence-electron chi connectivity index (χ1n) is 6.31. The fraction of sp³-hybridized carbons (Fsp3) is 0.214. The molecule has 1 amide bonds. The molecule has 0 radical (unpaired) electrons. The van der Waals surface area contributed by atoms with Crippen LogP contribution in [0.15, 0.2) is 30.6 Å². The molecule has 0 spiro atoms. The second kappa shape index (κ2) is 5.09. The van der Waals surface area contributed by atoms with Crippen molar-refractivity contribution in [2.24, 2.45) is 0 Å². The lowest BCUT2D eigenvalue weighted by molar-refractivity contribution is 0.0932. The van der Waals surface area contributed by atoms with Crippen molar-refractivity contribution in [3.63, 3.8) is 0 Å². The van der Waals surface area contributed by atoms with Crippen LogP contribution in [0.5, 0.6) is 0 Å². The van der Waals surface area contributed by atoms with Gasteiger partial charge in [0.15, 0.2) is 11.5 Å². The van der Waals surface area contributed by atoms with Crippen LogP contribution in [-0.4, -0.2) is 15.9 Å². The van der Waals surface area contributed by atoms with Crippen LogP contribution in [0.25, 0.3) is 0 Å². The highest BCUT2D eigenvalue weighted by Gasteiger charge is 2.26. The first-order valence-corrected chi connectivity index (χ1v) is 6.69. The lowest BCUT2D eigenvalue weighted by atomic mass is 10.1. The minimum Gasteiger partial charge on any atom is -0.382 e. The molecule has 102 valence electrons. The van der Waals surface area contributed by atoms with Gasteiger partial charge in [-0.25, -0.2) is 9.97 Å². The quantitative estimate of drug-likeness (QED) is 0.887. The molecule has 6 heteroatoms. The highest BCUT2D eigenvalue weighted by molar-refractivity contribution is 6.31. The van der Waals surface area contributed by atoms with Crippen LogP contribution in [-0.2, 0) is 6.42 Å². The molecule has 2 aromatic rings. The van der Waals surface area contributed by atoms with Gasteiger partial charge in [-0.1, -0.05) is 23.7 Å². The van der Waals surface area contributed by atoms with E-state index >= 15 is 0 Å². The van der Waals surface area contributed by atoms with E-state index in [1.165, 1.54) is 12.4 Å². The molecule has 1 aromatic carbocycles. The number of nitrogens with zero attached hydrogens (tertiary/aromatic N) is 2. The molecule has 0 bridgehead atoms. The van der Waals surface area contributed by atoms with Crippen LogP contribution in [0.3, 0.4) is 0 Å². The monoisotopic (exact) mass is 288 g/mol. The van der Waals surface area contributed by atoms with Crippen LogP contribution < -0.4 is 11.1 Å². The van der Waals surface area contributed by atoms with Crippen molar-refractivity contribution in [3.05, 3.63) is 52.4 Å². The Balaban J connectivity index is 1.83. The van der Waals surface area contributed by atoms with Gasteiger partial charge in [-0.05, 0) is 30.0 Å². The van der Waals surface area contributed by atoms with E-state index < -0.39 is 0 Å². The summed E-state index contributed by atoms with van der Waals surface area (Å²) in [4.78, 5) is 20.0. The number of carbonyl (C=O) groups is 1. The van der Waals surface area contributed by atoms with E-state index in [4.69, 9.17) is 17.3 Å². The summed E-state index contributed by atoms with van der Waals surface area (Å²) in [5, 5.41) is 3.69. The van der Waals surface area contributed by atoms with Gasteiger partial charge < -0.3 is 11.1 Å². The van der Waals surface area contributed by atoms with E-state index in [1.807, 2.05) is 18.2 Å². The second-order valence-electron chi connectivity index (χ2n) is 4.66. The fourth-order valence-corrected chi connectivity index (χ4v) is 2.79. The van der Waals surface area contributed by atoms with Crippen molar-refractivity contribution in [1.82, 2.24) is 15.3 Å². The molecule has 0 saturated heterocycles. The third-order valence-corrected chi connectivity index (χ3v) is 3.81. The lowest BCUT2D eigenvalue weighted by Crippen LogP contribution is -2.28. The molecule has 1 aliphatic rings. The summed E-state index contributed by atoms with van der Waals surface area (Å²) in [5.74, 6) is -0.178. The Hall–Kier alpha value is -2.14. The zero-order chi connectivity index (χ0) is 14.1. The van der Waals surface area contributed by atoms with Crippen molar-refractivity contribution in [2.75, 3.05) is 5.73 Å². The number of hydrogen-bond donors (Lipinski definition) is 2. The number of benzene rings is 1. The first kappa shape index (κ1) is 12.9. The van der Waals surface area contributed by atoms with Crippen molar-refractivity contribution < 1.29 is 4.79 Å². The number of rotatable bonds is 2. The zero-order valence-corrected chi connectivity index (χ0v) is 11.4. The molecule has 3 N–H and O–H groups in total. The molecule has 20 heavy (non-hydrogen) atoms. The molecule has 0 fully saturated rings. The predicted molar refractivity (Wildman–Crippen MR) is 76.4 cm³/mol. The Kier molecular flexibility index (Phi) is 3.28. The maximum Gasteiger partial charge on any atom is 0.274 e. The predicted octanol–water partition coefficient (Wildman–Crippen LogP) is 2.13. The van der Waals surface area contributed by atoms with E-state index in [2.05, 4.69) is 15.3 Å². The number of nitrogen functional groups attached to an aromatic ring is 1. The number of halogens is 1. The van der Waals surface area contributed by atoms with Gasteiger partial charge >= 0.3 is 0 Å². The van der Waals surface area contributed by atoms with Crippen molar-refractivity contribution in [2.45, 2.75) is 18.9 Å². The number of nitrogens with two attached hydrogens (primary N) is 1. The van der Waals surface area contributed by atoms with Gasteiger partial charge in [0.25, 0.3) is 5.91 Å². The molecule has 0 aliphatic heterocycles. The van der Waals surface area contributed by atoms with Crippen LogP contribution >= 0.6 is 11.6 Å². The number of hydrogen-bond acceptors (Lipinski definition) is 4. The van der Waals surface area contributed by atoms with E-state index in [0.29, 0.717) is 0 Å². The van der Waals surface area contributed by atoms with Crippen LogP contribution in [0, 0.1) is 0 Å². The summed E-state index contributed by atoms with van der Waals surface area (Å²) in [6.07, 6.45) is 4.59. The normalized spacial score (nSPS) is 16.8. The van der Waals surface area contributed by atoms with Gasteiger partial charge in [0.2, 0.25) is 0 Å². The van der Waals surface area contributed by atoms with E-state index in [9.17, 15) is 4.79 Å². The first-order chi connectivity index (χ1) is 9.66. The Labute approximate surface area is 121 Å². The lowest BCUT2D eigenvalue weighted by Gasteiger charge is -2.14. The van der Waals surface area contributed by atoms with Gasteiger partial charge in [0, 0.05) is 17.4 Å². The van der Waals surface area contributed by atoms with Gasteiger partial charge in [-0.2, -0.15) is 0 Å². The third-order valence-electron chi connectivity index (χ3n) is 3.46. The Morgan fingerprint density at radius 1 is 1.35 bits per heavy atom. The smallest absolute Gasteiger partial charge is 0.274 e. The molecule has 1 atom stereocenters. The summed E-state index contributed by atoms with van der Waals surface area (Å²) < 4.78 is 0. The van der Waals surface area contributed by atoms with Crippen LogP contribution in [0.4, 0.5) is 5.82 Å². The SMILES string of the molecule is Nc1nccnc1C(=O)NC1CCc2c(Cl)cccc21. The minimum absolute atomic E-state index is 0.0578. The molecule has 1 unspecified atom stereocenters. The highest BCUT2D eigenvalue weighted by atomic mass is 35.5. The summed E-state index contributed by atoms with van der Waals surface area (Å²) in [6.45, 7) is 0. The van der Waals surface area contributed by atoms with E-state index in [0.717, 1.165) is 29.0 Å². The zero-order valence-electron chi connectivity index (χ0n) is 10.6. The van der Waals surface area contributed by atoms with Gasteiger partial charge in [0.05, 0.1) is 6.04 Å². The molecular formula is C14H13ClN4O. The number of nitrogens with one attached hydrogen (secondary N) is 1. The molecule has 1 aromatic heterocycles. The average molecular weight is 289 g/mol. The number of anilines is 1. The number of amides is 1. The number of aromatic nitrogens is 2. The van der Waals surface area contributed by atoms with E-state index in [-0.39, 0.29) is 23.5 Å². The van der Waals surface area contributed by atoms with Gasteiger partial charge in [0.1, 0.15) is 0 Å². The van der Waals surface area contributed by atoms with Crippen LogP contribution in [0.2, 0.25) is 5.02 Å². The van der Waals surface area contributed by atoms with Crippen molar-refractivity contribution in [3.8, 4) is 0 Å². The Morgan fingerprint density at radius 2 is 2.15 bits per heavy atom. The van der Waals surface area contributed by atoms with Gasteiger partial charge in [-0.15, -0.1) is 0 Å². The maximum absolute atomic E-state index is 12.2. The molecule has 3 rings (SSSR count). The minimum atomic E-state index is -0.312. The van der Waals surface area contributed by atoms with Crippen molar-refractivity contribution in [1.29, 1.82) is 0 Å². The highest BCUT2D eigenvalue weighted by Crippen LogP contribution is 2.35. The maximum atomic E-state index is 12.2. The number of carbonyl (C=O) groups excluding carboxylic acids is 1.